The van der Waals surface area contributed by atoms with Crippen molar-refractivity contribution in [2.45, 2.75) is 32.8 Å². The van der Waals surface area contributed by atoms with Crippen LogP contribution < -0.4 is 15.0 Å². The van der Waals surface area contributed by atoms with Crippen molar-refractivity contribution in [3.05, 3.63) is 46.4 Å². The van der Waals surface area contributed by atoms with Gasteiger partial charge in [0.1, 0.15) is 11.9 Å². The van der Waals surface area contributed by atoms with Crippen LogP contribution in [0.1, 0.15) is 25.3 Å². The highest BCUT2D eigenvalue weighted by atomic mass is 32.2. The molecule has 152 valence electrons. The molecule has 0 spiro atoms. The van der Waals surface area contributed by atoms with Crippen molar-refractivity contribution in [2.24, 2.45) is 7.05 Å². The van der Waals surface area contributed by atoms with Gasteiger partial charge in [-0.05, 0) is 38.1 Å². The van der Waals surface area contributed by atoms with E-state index >= 15 is 0 Å². The maximum atomic E-state index is 12.1. The van der Waals surface area contributed by atoms with Gasteiger partial charge in [0.05, 0.1) is 19.0 Å². The van der Waals surface area contributed by atoms with Crippen molar-refractivity contribution >= 4 is 15.7 Å². The summed E-state index contributed by atoms with van der Waals surface area (Å²) in [6, 6.07) is 7.02. The van der Waals surface area contributed by atoms with E-state index in [0.717, 1.165) is 24.0 Å². The summed E-state index contributed by atoms with van der Waals surface area (Å²) >= 11 is 0. The lowest BCUT2D eigenvalue weighted by atomic mass is 10.0. The fourth-order valence-corrected chi connectivity index (χ4v) is 3.80. The van der Waals surface area contributed by atoms with E-state index in [1.807, 2.05) is 0 Å². The average Bonchev–Trinajstić information content (AvgIpc) is 2.67. The molecule has 1 saturated heterocycles. The number of ether oxygens (including phenoxy) is 2. The molecule has 3 rings (SSSR count). The van der Waals surface area contributed by atoms with E-state index in [1.54, 1.807) is 51.4 Å². The highest BCUT2D eigenvalue weighted by Gasteiger charge is 2.19. The minimum absolute atomic E-state index is 0.0123. The van der Waals surface area contributed by atoms with Gasteiger partial charge in [0.2, 0.25) is 10.0 Å². The molecule has 2 aromatic rings. The van der Waals surface area contributed by atoms with Crippen LogP contribution in [-0.4, -0.2) is 38.1 Å². The number of hydrogen-bond acceptors (Lipinski definition) is 5. The Morgan fingerprint density at radius 3 is 2.61 bits per heavy atom. The molecule has 7 nitrogen and oxygen atoms in total. The Morgan fingerprint density at radius 2 is 1.96 bits per heavy atom. The summed E-state index contributed by atoms with van der Waals surface area (Å²) in [6.07, 6.45) is 3.38. The second-order valence-corrected chi connectivity index (χ2v) is 8.98. The minimum Gasteiger partial charge on any atom is -0.490 e. The lowest BCUT2D eigenvalue weighted by molar-refractivity contribution is 0.0258. The molecular weight excluding hydrogens is 380 g/mol. The molecule has 28 heavy (non-hydrogen) atoms. The van der Waals surface area contributed by atoms with Crippen LogP contribution in [0.5, 0.6) is 5.75 Å². The monoisotopic (exact) mass is 406 g/mol. The van der Waals surface area contributed by atoms with E-state index in [4.69, 9.17) is 9.47 Å². The van der Waals surface area contributed by atoms with E-state index in [9.17, 15) is 13.2 Å². The van der Waals surface area contributed by atoms with Gasteiger partial charge in [-0.3, -0.25) is 9.52 Å². The van der Waals surface area contributed by atoms with Crippen LogP contribution >= 0.6 is 0 Å². The third-order valence-electron chi connectivity index (χ3n) is 4.77. The Hall–Kier alpha value is -2.32. The van der Waals surface area contributed by atoms with Gasteiger partial charge in [-0.1, -0.05) is 0 Å². The number of nitrogens with zero attached hydrogens (tertiary/aromatic N) is 1. The first-order chi connectivity index (χ1) is 13.3. The lowest BCUT2D eigenvalue weighted by Crippen LogP contribution is -2.26. The Bertz CT molecular complexity index is 981. The van der Waals surface area contributed by atoms with Gasteiger partial charge in [0, 0.05) is 48.5 Å². The smallest absolute Gasteiger partial charge is 0.253 e. The quantitative estimate of drug-likeness (QED) is 0.797. The Morgan fingerprint density at radius 1 is 1.25 bits per heavy atom. The summed E-state index contributed by atoms with van der Waals surface area (Å²) in [5.41, 5.74) is 2.53. The normalized spacial score (nSPS) is 15.4. The number of rotatable bonds is 6. The minimum atomic E-state index is -3.40. The largest absolute Gasteiger partial charge is 0.490 e. The van der Waals surface area contributed by atoms with Crippen molar-refractivity contribution in [2.75, 3.05) is 23.7 Å². The van der Waals surface area contributed by atoms with Gasteiger partial charge < -0.3 is 14.0 Å². The second kappa shape index (κ2) is 8.36. The van der Waals surface area contributed by atoms with Gasteiger partial charge in [-0.15, -0.1) is 0 Å². The second-order valence-electron chi connectivity index (χ2n) is 6.97. The van der Waals surface area contributed by atoms with Gasteiger partial charge in [-0.25, -0.2) is 8.42 Å². The number of benzene rings is 1. The van der Waals surface area contributed by atoms with Crippen molar-refractivity contribution < 1.29 is 17.9 Å². The molecule has 1 aromatic carbocycles. The van der Waals surface area contributed by atoms with Crippen LogP contribution in [0, 0.1) is 6.92 Å². The van der Waals surface area contributed by atoms with E-state index in [1.165, 1.54) is 4.57 Å². The van der Waals surface area contributed by atoms with Crippen LogP contribution in [-0.2, 0) is 21.8 Å². The van der Waals surface area contributed by atoms with Gasteiger partial charge in [0.15, 0.2) is 0 Å². The maximum Gasteiger partial charge on any atom is 0.253 e. The molecule has 0 saturated carbocycles. The summed E-state index contributed by atoms with van der Waals surface area (Å²) in [4.78, 5) is 12.1. The first-order valence-electron chi connectivity index (χ1n) is 9.35. The highest BCUT2D eigenvalue weighted by Crippen LogP contribution is 2.34. The molecule has 0 unspecified atom stereocenters. The zero-order valence-electron chi connectivity index (χ0n) is 16.4. The molecule has 0 amide bonds. The molecule has 2 heterocycles. The number of aryl methyl sites for hydroxylation is 2. The molecule has 0 aliphatic carbocycles. The maximum absolute atomic E-state index is 12.1. The SMILES string of the molecule is CCS(=O)(=O)Nc1ccc(OC2CCOCC2)c(-c2cc(C)c(=O)n(C)c2)c1. The van der Waals surface area contributed by atoms with Crippen LogP contribution in [0.25, 0.3) is 11.1 Å². The van der Waals surface area contributed by atoms with Crippen molar-refractivity contribution in [1.82, 2.24) is 4.57 Å². The summed E-state index contributed by atoms with van der Waals surface area (Å²) in [5, 5.41) is 0. The Kier molecular flexibility index (Phi) is 6.10. The Labute approximate surface area is 165 Å². The molecule has 1 aliphatic heterocycles. The molecule has 1 N–H and O–H groups in total. The van der Waals surface area contributed by atoms with Crippen LogP contribution in [0.15, 0.2) is 35.3 Å². The standard InChI is InChI=1S/C20H26N2O5S/c1-4-28(24,25)21-16-5-6-19(27-17-7-9-26-10-8-17)18(12-16)15-11-14(2)20(23)22(3)13-15/h5-6,11-13,17,21H,4,7-10H2,1-3H3. The molecule has 0 bridgehead atoms. The topological polar surface area (TPSA) is 86.6 Å². The molecule has 1 fully saturated rings. The highest BCUT2D eigenvalue weighted by molar-refractivity contribution is 7.92. The molecule has 0 radical (unpaired) electrons. The van der Waals surface area contributed by atoms with Crippen LogP contribution in [0.4, 0.5) is 5.69 Å². The number of hydrogen-bond donors (Lipinski definition) is 1. The predicted molar refractivity (Wildman–Crippen MR) is 109 cm³/mol. The molecular formula is C20H26N2O5S. The van der Waals surface area contributed by atoms with E-state index in [2.05, 4.69) is 4.72 Å². The van der Waals surface area contributed by atoms with E-state index in [0.29, 0.717) is 30.2 Å². The van der Waals surface area contributed by atoms with E-state index in [-0.39, 0.29) is 17.4 Å². The zero-order valence-corrected chi connectivity index (χ0v) is 17.2. The summed E-state index contributed by atoms with van der Waals surface area (Å²) in [6.45, 7) is 4.66. The van der Waals surface area contributed by atoms with E-state index < -0.39 is 10.0 Å². The number of sulfonamides is 1. The first-order valence-corrected chi connectivity index (χ1v) is 11.0. The Balaban J connectivity index is 2.05. The van der Waals surface area contributed by atoms with Crippen molar-refractivity contribution in [3.63, 3.8) is 0 Å². The lowest BCUT2D eigenvalue weighted by Gasteiger charge is -2.25. The summed E-state index contributed by atoms with van der Waals surface area (Å²) in [5.74, 6) is 0.645. The molecule has 1 aliphatic rings. The summed E-state index contributed by atoms with van der Waals surface area (Å²) < 4.78 is 39.6. The number of aromatic nitrogens is 1. The third-order valence-corrected chi connectivity index (χ3v) is 6.08. The van der Waals surface area contributed by atoms with Gasteiger partial charge >= 0.3 is 0 Å². The fraction of sp³-hybridized carbons (Fsp3) is 0.450. The summed E-state index contributed by atoms with van der Waals surface area (Å²) in [7, 11) is -1.70. The molecule has 8 heteroatoms. The zero-order chi connectivity index (χ0) is 20.3. The predicted octanol–water partition coefficient (Wildman–Crippen LogP) is 2.68. The van der Waals surface area contributed by atoms with Gasteiger partial charge in [-0.2, -0.15) is 0 Å². The van der Waals surface area contributed by atoms with Crippen LogP contribution in [0.2, 0.25) is 0 Å². The average molecular weight is 407 g/mol. The van der Waals surface area contributed by atoms with Gasteiger partial charge in [0.25, 0.3) is 5.56 Å². The van der Waals surface area contributed by atoms with Crippen molar-refractivity contribution in [1.29, 1.82) is 0 Å². The molecule has 1 aromatic heterocycles. The third kappa shape index (κ3) is 4.74. The van der Waals surface area contributed by atoms with Crippen molar-refractivity contribution in [3.8, 4) is 16.9 Å². The first kappa shape index (κ1) is 20.4. The number of nitrogens with one attached hydrogen (secondary N) is 1. The number of anilines is 1. The molecule has 0 atom stereocenters. The fourth-order valence-electron chi connectivity index (χ4n) is 3.17. The number of pyridine rings is 1. The van der Waals surface area contributed by atoms with Crippen LogP contribution in [0.3, 0.4) is 0 Å².